The molecule has 1 fully saturated rings. The standard InChI is InChI=1S/C18H23N2/c1-2-17-14-19-11-13-20(17)12-10-16-8-5-7-15-6-3-4-9-18(15)16/h3-9,17,19H,1-2,10-14H2/t17-/m1/s1. The van der Waals surface area contributed by atoms with Crippen molar-refractivity contribution in [3.63, 3.8) is 0 Å². The van der Waals surface area contributed by atoms with E-state index < -0.39 is 0 Å². The van der Waals surface area contributed by atoms with Crippen LogP contribution in [0.1, 0.15) is 12.0 Å². The zero-order valence-corrected chi connectivity index (χ0v) is 12.0. The van der Waals surface area contributed by atoms with Crippen molar-refractivity contribution in [3.8, 4) is 0 Å². The number of nitrogens with zero attached hydrogens (tertiary/aromatic N) is 1. The van der Waals surface area contributed by atoms with Gasteiger partial charge in [-0.05, 0) is 29.2 Å². The van der Waals surface area contributed by atoms with E-state index in [1.807, 2.05) is 0 Å². The highest BCUT2D eigenvalue weighted by Crippen LogP contribution is 2.19. The molecule has 2 aromatic rings. The number of nitrogens with one attached hydrogen (secondary N) is 1. The van der Waals surface area contributed by atoms with E-state index >= 15 is 0 Å². The summed E-state index contributed by atoms with van der Waals surface area (Å²) in [4.78, 5) is 2.59. The molecule has 0 bridgehead atoms. The maximum Gasteiger partial charge on any atom is 0.0221 e. The maximum absolute atomic E-state index is 4.08. The lowest BCUT2D eigenvalue weighted by Gasteiger charge is -2.35. The minimum atomic E-state index is 0.596. The van der Waals surface area contributed by atoms with Crippen LogP contribution in [0.25, 0.3) is 10.8 Å². The highest BCUT2D eigenvalue weighted by atomic mass is 15.2. The van der Waals surface area contributed by atoms with Gasteiger partial charge in [-0.1, -0.05) is 49.4 Å². The summed E-state index contributed by atoms with van der Waals surface area (Å²) in [6.07, 6.45) is 2.11. The van der Waals surface area contributed by atoms with Crippen LogP contribution in [-0.4, -0.2) is 37.1 Å². The Bertz CT molecular complexity index is 559. The Morgan fingerprint density at radius 2 is 2.00 bits per heavy atom. The molecule has 2 nitrogen and oxygen atoms in total. The van der Waals surface area contributed by atoms with Crippen LogP contribution in [0.2, 0.25) is 0 Å². The normalized spacial score (nSPS) is 20.4. The first-order valence-corrected chi connectivity index (χ1v) is 7.59. The molecule has 0 aliphatic carbocycles. The molecule has 2 heteroatoms. The maximum atomic E-state index is 4.08. The van der Waals surface area contributed by atoms with Gasteiger partial charge in [0, 0.05) is 32.2 Å². The largest absolute Gasteiger partial charge is 0.314 e. The summed E-state index contributed by atoms with van der Waals surface area (Å²) in [6.45, 7) is 8.55. The van der Waals surface area contributed by atoms with Crippen LogP contribution in [0.4, 0.5) is 0 Å². The molecule has 1 aliphatic rings. The van der Waals surface area contributed by atoms with Crippen molar-refractivity contribution in [2.45, 2.75) is 18.9 Å². The summed E-state index contributed by atoms with van der Waals surface area (Å²) in [7, 11) is 0. The van der Waals surface area contributed by atoms with E-state index in [4.69, 9.17) is 0 Å². The molecule has 1 N–H and O–H groups in total. The van der Waals surface area contributed by atoms with Crippen molar-refractivity contribution in [1.82, 2.24) is 10.2 Å². The van der Waals surface area contributed by atoms with Gasteiger partial charge in [-0.3, -0.25) is 4.90 Å². The zero-order valence-electron chi connectivity index (χ0n) is 12.0. The lowest BCUT2D eigenvalue weighted by Crippen LogP contribution is -2.51. The minimum Gasteiger partial charge on any atom is -0.314 e. The lowest BCUT2D eigenvalue weighted by molar-refractivity contribution is 0.164. The number of hydrogen-bond acceptors (Lipinski definition) is 2. The molecule has 0 spiro atoms. The fourth-order valence-electron chi connectivity index (χ4n) is 3.16. The molecule has 1 atom stereocenters. The van der Waals surface area contributed by atoms with Crippen LogP contribution in [0.3, 0.4) is 0 Å². The van der Waals surface area contributed by atoms with Crippen LogP contribution in [0, 0.1) is 6.92 Å². The smallest absolute Gasteiger partial charge is 0.0221 e. The number of rotatable bonds is 4. The van der Waals surface area contributed by atoms with Crippen LogP contribution >= 0.6 is 0 Å². The van der Waals surface area contributed by atoms with E-state index in [1.54, 1.807) is 0 Å². The van der Waals surface area contributed by atoms with Crippen molar-refractivity contribution in [3.05, 3.63) is 55.0 Å². The quantitative estimate of drug-likeness (QED) is 0.916. The van der Waals surface area contributed by atoms with Gasteiger partial charge < -0.3 is 5.32 Å². The molecule has 0 amide bonds. The molecule has 3 rings (SSSR count). The highest BCUT2D eigenvalue weighted by Gasteiger charge is 2.19. The Balaban J connectivity index is 1.73. The van der Waals surface area contributed by atoms with Crippen molar-refractivity contribution in [2.24, 2.45) is 0 Å². The predicted octanol–water partition coefficient (Wildman–Crippen LogP) is 2.88. The van der Waals surface area contributed by atoms with Crippen LogP contribution in [0.15, 0.2) is 42.5 Å². The Morgan fingerprint density at radius 3 is 2.90 bits per heavy atom. The van der Waals surface area contributed by atoms with Crippen LogP contribution in [-0.2, 0) is 6.42 Å². The molecular weight excluding hydrogens is 244 g/mol. The van der Waals surface area contributed by atoms with Gasteiger partial charge in [-0.2, -0.15) is 0 Å². The van der Waals surface area contributed by atoms with Crippen LogP contribution < -0.4 is 5.32 Å². The molecular formula is C18H23N2. The second kappa shape index (κ2) is 6.38. The first-order valence-electron chi connectivity index (χ1n) is 7.59. The molecule has 105 valence electrons. The number of hydrogen-bond donors (Lipinski definition) is 1. The molecule has 1 heterocycles. The number of benzene rings is 2. The van der Waals surface area contributed by atoms with Crippen LogP contribution in [0.5, 0.6) is 0 Å². The summed E-state index contributed by atoms with van der Waals surface area (Å²) < 4.78 is 0. The summed E-state index contributed by atoms with van der Waals surface area (Å²) in [5.74, 6) is 0. The molecule has 1 saturated heterocycles. The Labute approximate surface area is 121 Å². The Kier molecular flexibility index (Phi) is 4.34. The minimum absolute atomic E-state index is 0.596. The molecule has 0 aromatic heterocycles. The van der Waals surface area contributed by atoms with Crippen molar-refractivity contribution in [2.75, 3.05) is 26.2 Å². The second-order valence-electron chi connectivity index (χ2n) is 5.57. The van der Waals surface area contributed by atoms with Crippen molar-refractivity contribution in [1.29, 1.82) is 0 Å². The monoisotopic (exact) mass is 267 g/mol. The van der Waals surface area contributed by atoms with Gasteiger partial charge >= 0.3 is 0 Å². The van der Waals surface area contributed by atoms with E-state index in [0.29, 0.717) is 6.04 Å². The van der Waals surface area contributed by atoms with E-state index in [-0.39, 0.29) is 0 Å². The molecule has 0 saturated carbocycles. The fourth-order valence-corrected chi connectivity index (χ4v) is 3.16. The molecule has 1 aliphatic heterocycles. The van der Waals surface area contributed by atoms with Crippen molar-refractivity contribution >= 4 is 10.8 Å². The highest BCUT2D eigenvalue weighted by molar-refractivity contribution is 5.85. The predicted molar refractivity (Wildman–Crippen MR) is 85.9 cm³/mol. The first kappa shape index (κ1) is 13.6. The first-order chi connectivity index (χ1) is 9.88. The van der Waals surface area contributed by atoms with E-state index in [1.165, 1.54) is 16.3 Å². The van der Waals surface area contributed by atoms with E-state index in [2.05, 4.69) is 59.6 Å². The summed E-state index contributed by atoms with van der Waals surface area (Å²) >= 11 is 0. The summed E-state index contributed by atoms with van der Waals surface area (Å²) in [6, 6.07) is 15.9. The third kappa shape index (κ3) is 2.87. The van der Waals surface area contributed by atoms with Gasteiger partial charge in [0.2, 0.25) is 0 Å². The summed E-state index contributed by atoms with van der Waals surface area (Å²) in [5.41, 5.74) is 1.46. The summed E-state index contributed by atoms with van der Waals surface area (Å²) in [5, 5.41) is 6.21. The van der Waals surface area contributed by atoms with Gasteiger partial charge in [0.05, 0.1) is 0 Å². The second-order valence-corrected chi connectivity index (χ2v) is 5.57. The average Bonchev–Trinajstić information content (AvgIpc) is 2.53. The average molecular weight is 267 g/mol. The number of piperazine rings is 1. The molecule has 0 unspecified atom stereocenters. The van der Waals surface area contributed by atoms with Gasteiger partial charge in [0.1, 0.15) is 0 Å². The fraction of sp³-hybridized carbons (Fsp3) is 0.389. The van der Waals surface area contributed by atoms with Gasteiger partial charge in [-0.15, -0.1) is 0 Å². The SMILES string of the molecule is [CH2]C[C@@H]1CNCCN1CCc1cccc2ccccc12. The Hall–Kier alpha value is -1.38. The van der Waals surface area contributed by atoms with E-state index in [9.17, 15) is 0 Å². The number of fused-ring (bicyclic) bond motifs is 1. The van der Waals surface area contributed by atoms with Gasteiger partial charge in [0.25, 0.3) is 0 Å². The van der Waals surface area contributed by atoms with Gasteiger partial charge in [0.15, 0.2) is 0 Å². The molecule has 2 aromatic carbocycles. The zero-order chi connectivity index (χ0) is 13.8. The van der Waals surface area contributed by atoms with Crippen molar-refractivity contribution < 1.29 is 0 Å². The third-order valence-corrected chi connectivity index (χ3v) is 4.35. The van der Waals surface area contributed by atoms with Gasteiger partial charge in [-0.25, -0.2) is 0 Å². The molecule has 20 heavy (non-hydrogen) atoms. The third-order valence-electron chi connectivity index (χ3n) is 4.35. The topological polar surface area (TPSA) is 15.3 Å². The van der Waals surface area contributed by atoms with E-state index in [0.717, 1.165) is 39.0 Å². The molecule has 1 radical (unpaired) electrons. The Morgan fingerprint density at radius 1 is 1.15 bits per heavy atom. The lowest BCUT2D eigenvalue weighted by atomic mass is 10.0.